The molecule has 0 fully saturated rings. The van der Waals surface area contributed by atoms with Crippen molar-refractivity contribution < 1.29 is 0 Å². The van der Waals surface area contributed by atoms with Crippen molar-refractivity contribution in [3.63, 3.8) is 0 Å². The fourth-order valence-electron chi connectivity index (χ4n) is 0.344. The molecule has 0 spiro atoms. The van der Waals surface area contributed by atoms with E-state index in [0.29, 0.717) is 5.28 Å². The van der Waals surface area contributed by atoms with Crippen molar-refractivity contribution in [3.8, 4) is 0 Å². The summed E-state index contributed by atoms with van der Waals surface area (Å²) in [6.07, 6.45) is 2.63. The summed E-state index contributed by atoms with van der Waals surface area (Å²) in [5.74, 6) is 0. The fourth-order valence-corrected chi connectivity index (χ4v) is 0.528. The topological polar surface area (TPSA) is 28.7 Å². The molecule has 0 bridgehead atoms. The number of aromatic nitrogens is 2. The first-order valence-corrected chi connectivity index (χ1v) is 2.26. The Kier molecular flexibility index (Phi) is 1.02. The Labute approximate surface area is 46.5 Å². The second-order valence-corrected chi connectivity index (χ2v) is 1.62. The first-order valence-electron chi connectivity index (χ1n) is 1.89. The monoisotopic (exact) mass is 115 g/mol. The van der Waals surface area contributed by atoms with Crippen LogP contribution in [0.1, 0.15) is 5.69 Å². The van der Waals surface area contributed by atoms with Crippen molar-refractivity contribution in [1.82, 2.24) is 9.97 Å². The Morgan fingerprint density at radius 1 is 1.86 bits per heavy atom. The molecule has 1 heterocycles. The molecule has 3 heteroatoms. The van der Waals surface area contributed by atoms with Crippen molar-refractivity contribution in [1.29, 1.82) is 0 Å². The molecule has 2 nitrogen and oxygen atoms in total. The lowest BCUT2D eigenvalue weighted by molar-refractivity contribution is 1.25. The summed E-state index contributed by atoms with van der Waals surface area (Å²) in [4.78, 5) is 6.34. The van der Waals surface area contributed by atoms with Gasteiger partial charge in [-0.15, -0.1) is 0 Å². The van der Waals surface area contributed by atoms with E-state index in [2.05, 4.69) is 16.2 Å². The van der Waals surface area contributed by atoms with Gasteiger partial charge in [0.2, 0.25) is 5.28 Å². The van der Waals surface area contributed by atoms with Crippen molar-refractivity contribution in [2.24, 2.45) is 0 Å². The van der Waals surface area contributed by atoms with Crippen LogP contribution in [-0.2, 0) is 0 Å². The fraction of sp³-hybridized carbons (Fsp3) is 0.250. The van der Waals surface area contributed by atoms with Gasteiger partial charge in [-0.25, -0.2) is 4.98 Å². The molecule has 0 aliphatic carbocycles. The van der Waals surface area contributed by atoms with E-state index in [1.165, 1.54) is 0 Å². The normalized spacial score (nSPS) is 9.43. The predicted octanol–water partition coefficient (Wildman–Crippen LogP) is 1.17. The molecule has 1 N–H and O–H groups in total. The summed E-state index contributed by atoms with van der Waals surface area (Å²) in [7, 11) is 0. The molecule has 0 unspecified atom stereocenters. The minimum Gasteiger partial charge on any atom is -0.332 e. The zero-order chi connectivity index (χ0) is 5.28. The Bertz CT molecular complexity index is 142. The number of nitrogens with one attached hydrogen (secondary N) is 1. The maximum absolute atomic E-state index is 5.36. The average Bonchev–Trinajstić information content (AvgIpc) is 1.87. The van der Waals surface area contributed by atoms with Crippen LogP contribution in [-0.4, -0.2) is 9.97 Å². The van der Waals surface area contributed by atoms with Gasteiger partial charge in [0.05, 0.1) is 0 Å². The van der Waals surface area contributed by atoms with Crippen molar-refractivity contribution in [3.05, 3.63) is 17.2 Å². The quantitative estimate of drug-likeness (QED) is 0.540. The van der Waals surface area contributed by atoms with Gasteiger partial charge in [-0.05, 0) is 18.5 Å². The summed E-state index contributed by atoms with van der Waals surface area (Å²) >= 11 is 5.36. The molecule has 0 saturated carbocycles. The van der Waals surface area contributed by atoms with Crippen LogP contribution in [0.15, 0.2) is 0 Å². The van der Waals surface area contributed by atoms with Crippen molar-refractivity contribution in [2.75, 3.05) is 0 Å². The molecule has 37 valence electrons. The third kappa shape index (κ3) is 0.933. The van der Waals surface area contributed by atoms with Crippen molar-refractivity contribution in [2.45, 2.75) is 6.92 Å². The van der Waals surface area contributed by atoms with Crippen LogP contribution in [0.3, 0.4) is 0 Å². The van der Waals surface area contributed by atoms with Crippen LogP contribution >= 0.6 is 11.6 Å². The highest BCUT2D eigenvalue weighted by Gasteiger charge is 1.87. The van der Waals surface area contributed by atoms with E-state index in [9.17, 15) is 0 Å². The molecule has 0 aliphatic rings. The summed E-state index contributed by atoms with van der Waals surface area (Å²) in [6.45, 7) is 1.85. The Hall–Kier alpha value is -0.500. The van der Waals surface area contributed by atoms with Crippen LogP contribution in [0, 0.1) is 13.1 Å². The zero-order valence-corrected chi connectivity index (χ0v) is 4.58. The summed E-state index contributed by atoms with van der Waals surface area (Å²) < 4.78 is 0. The standard InChI is InChI=1S/C4H4ClN2/c1-3-2-6-4(5)7-3/h1H3,(H,6,7). The average molecular weight is 116 g/mol. The SMILES string of the molecule is Cc1[c]nc(Cl)[nH]1. The third-order valence-electron chi connectivity index (χ3n) is 0.612. The largest absolute Gasteiger partial charge is 0.332 e. The summed E-state index contributed by atoms with van der Waals surface area (Å²) in [5.41, 5.74) is 0.866. The molecule has 1 aromatic rings. The lowest BCUT2D eigenvalue weighted by Crippen LogP contribution is -1.63. The summed E-state index contributed by atoms with van der Waals surface area (Å²) in [5, 5.41) is 0.400. The minimum absolute atomic E-state index is 0.400. The van der Waals surface area contributed by atoms with E-state index in [-0.39, 0.29) is 0 Å². The van der Waals surface area contributed by atoms with Crippen LogP contribution in [0.25, 0.3) is 0 Å². The van der Waals surface area contributed by atoms with E-state index in [0.717, 1.165) is 5.69 Å². The Balaban J connectivity index is 3.04. The number of halogens is 1. The summed E-state index contributed by atoms with van der Waals surface area (Å²) in [6, 6.07) is 0. The van der Waals surface area contributed by atoms with E-state index in [1.807, 2.05) is 6.92 Å². The van der Waals surface area contributed by atoms with Gasteiger partial charge in [-0.1, -0.05) is 0 Å². The first kappa shape index (κ1) is 4.65. The number of aryl methyl sites for hydroxylation is 1. The molecule has 1 rings (SSSR count). The highest BCUT2D eigenvalue weighted by molar-refractivity contribution is 6.28. The van der Waals surface area contributed by atoms with E-state index in [4.69, 9.17) is 11.6 Å². The number of hydrogen-bond acceptors (Lipinski definition) is 1. The van der Waals surface area contributed by atoms with Gasteiger partial charge in [-0.3, -0.25) is 0 Å². The lowest BCUT2D eigenvalue weighted by atomic mass is 10.6. The molecule has 0 atom stereocenters. The van der Waals surface area contributed by atoms with E-state index in [1.54, 1.807) is 0 Å². The Morgan fingerprint density at radius 3 is 2.71 bits per heavy atom. The second-order valence-electron chi connectivity index (χ2n) is 1.26. The van der Waals surface area contributed by atoms with Gasteiger partial charge in [-0.2, -0.15) is 0 Å². The molecule has 1 aromatic heterocycles. The molecular formula is C4H4ClN2. The zero-order valence-electron chi connectivity index (χ0n) is 3.83. The lowest BCUT2D eigenvalue weighted by Gasteiger charge is -1.71. The van der Waals surface area contributed by atoms with E-state index >= 15 is 0 Å². The molecule has 0 saturated heterocycles. The van der Waals surface area contributed by atoms with Gasteiger partial charge >= 0.3 is 0 Å². The van der Waals surface area contributed by atoms with Gasteiger partial charge < -0.3 is 4.98 Å². The predicted molar refractivity (Wildman–Crippen MR) is 27.2 cm³/mol. The van der Waals surface area contributed by atoms with Crippen LogP contribution < -0.4 is 0 Å². The third-order valence-corrected chi connectivity index (χ3v) is 0.791. The molecule has 0 aliphatic heterocycles. The highest BCUT2D eigenvalue weighted by atomic mass is 35.5. The highest BCUT2D eigenvalue weighted by Crippen LogP contribution is 1.98. The minimum atomic E-state index is 0.400. The number of aromatic amines is 1. The number of H-pyrrole nitrogens is 1. The van der Waals surface area contributed by atoms with E-state index < -0.39 is 0 Å². The van der Waals surface area contributed by atoms with Gasteiger partial charge in [0.25, 0.3) is 0 Å². The van der Waals surface area contributed by atoms with Crippen molar-refractivity contribution >= 4 is 11.6 Å². The number of rotatable bonds is 0. The molecule has 1 radical (unpaired) electrons. The number of nitrogens with zero attached hydrogens (tertiary/aromatic N) is 1. The van der Waals surface area contributed by atoms with Gasteiger partial charge in [0, 0.05) is 5.69 Å². The van der Waals surface area contributed by atoms with Gasteiger partial charge in [0.15, 0.2) is 0 Å². The number of hydrogen-bond donors (Lipinski definition) is 1. The van der Waals surface area contributed by atoms with Crippen LogP contribution in [0.2, 0.25) is 5.28 Å². The molecule has 0 aromatic carbocycles. The first-order chi connectivity index (χ1) is 3.29. The maximum atomic E-state index is 5.36. The second kappa shape index (κ2) is 1.54. The molecular weight excluding hydrogens is 112 g/mol. The molecule has 0 amide bonds. The number of imidazole rings is 1. The van der Waals surface area contributed by atoms with Crippen LogP contribution in [0.4, 0.5) is 0 Å². The van der Waals surface area contributed by atoms with Crippen LogP contribution in [0.5, 0.6) is 0 Å². The smallest absolute Gasteiger partial charge is 0.200 e. The maximum Gasteiger partial charge on any atom is 0.200 e. The Morgan fingerprint density at radius 2 is 2.57 bits per heavy atom. The van der Waals surface area contributed by atoms with Gasteiger partial charge in [0.1, 0.15) is 6.20 Å². The molecule has 7 heavy (non-hydrogen) atoms.